The molecule has 3 atom stereocenters. The first-order valence-electron chi connectivity index (χ1n) is 8.06. The molecule has 114 valence electrons. The Morgan fingerprint density at radius 1 is 1.25 bits per heavy atom. The molecule has 0 spiro atoms. The van der Waals surface area contributed by atoms with E-state index in [2.05, 4.69) is 26.1 Å². The molecule has 1 saturated carbocycles. The van der Waals surface area contributed by atoms with E-state index in [1.54, 1.807) is 0 Å². The molecule has 1 heterocycles. The van der Waals surface area contributed by atoms with Crippen LogP contribution in [-0.4, -0.2) is 34.8 Å². The lowest BCUT2D eigenvalue weighted by molar-refractivity contribution is -0.152. The van der Waals surface area contributed by atoms with Gasteiger partial charge >= 0.3 is 0 Å². The van der Waals surface area contributed by atoms with Gasteiger partial charge in [0.25, 0.3) is 0 Å². The number of rotatable bonds is 6. The number of carbonyl (C=O) groups is 2. The van der Waals surface area contributed by atoms with Gasteiger partial charge in [-0.15, -0.1) is 0 Å². The number of nitrogens with zero attached hydrogens (tertiary/aromatic N) is 1. The third-order valence-electron chi connectivity index (χ3n) is 4.54. The Morgan fingerprint density at radius 2 is 1.90 bits per heavy atom. The molecule has 20 heavy (non-hydrogen) atoms. The maximum atomic E-state index is 12.7. The summed E-state index contributed by atoms with van der Waals surface area (Å²) in [5.41, 5.74) is 0. The zero-order chi connectivity index (χ0) is 14.9. The summed E-state index contributed by atoms with van der Waals surface area (Å²) >= 11 is 0. The molecule has 1 N–H and O–H groups in total. The summed E-state index contributed by atoms with van der Waals surface area (Å²) in [5.74, 6) is 1.30. The van der Waals surface area contributed by atoms with Crippen molar-refractivity contribution < 1.29 is 9.59 Å². The molecule has 4 heteroatoms. The summed E-state index contributed by atoms with van der Waals surface area (Å²) in [6.07, 6.45) is 5.30. The Morgan fingerprint density at radius 3 is 2.40 bits per heavy atom. The van der Waals surface area contributed by atoms with Crippen molar-refractivity contribution >= 4 is 11.8 Å². The Hall–Kier alpha value is -1.06. The summed E-state index contributed by atoms with van der Waals surface area (Å²) in [6.45, 7) is 8.15. The second-order valence-corrected chi connectivity index (χ2v) is 6.85. The highest BCUT2D eigenvalue weighted by Gasteiger charge is 2.42. The Bertz CT molecular complexity index is 377. The van der Waals surface area contributed by atoms with Crippen molar-refractivity contribution in [2.24, 2.45) is 11.8 Å². The van der Waals surface area contributed by atoms with Crippen LogP contribution < -0.4 is 5.32 Å². The van der Waals surface area contributed by atoms with Crippen molar-refractivity contribution in [3.8, 4) is 0 Å². The summed E-state index contributed by atoms with van der Waals surface area (Å²) in [6, 6.07) is -0.424. The van der Waals surface area contributed by atoms with Gasteiger partial charge in [0, 0.05) is 6.04 Å². The van der Waals surface area contributed by atoms with Gasteiger partial charge in [0.15, 0.2) is 0 Å². The van der Waals surface area contributed by atoms with Gasteiger partial charge in [-0.3, -0.25) is 9.59 Å². The van der Waals surface area contributed by atoms with E-state index < -0.39 is 0 Å². The standard InChI is InChI=1S/C16H28N2O2/c1-5-13(9-12-6-7-12)18-11(4)15(19)17-14(16(18)20)8-10(2)3/h10-14H,5-9H2,1-4H3,(H,17,19). The average Bonchev–Trinajstić information content (AvgIpc) is 3.18. The number of amides is 2. The molecule has 4 nitrogen and oxygen atoms in total. The van der Waals surface area contributed by atoms with E-state index in [1.165, 1.54) is 12.8 Å². The van der Waals surface area contributed by atoms with E-state index in [1.807, 2.05) is 11.8 Å². The predicted octanol–water partition coefficient (Wildman–Crippen LogP) is 2.33. The SMILES string of the molecule is CCC(CC1CC1)N1C(=O)C(CC(C)C)NC(=O)C1C. The van der Waals surface area contributed by atoms with Crippen molar-refractivity contribution in [1.29, 1.82) is 0 Å². The van der Waals surface area contributed by atoms with Crippen molar-refractivity contribution in [1.82, 2.24) is 10.2 Å². The van der Waals surface area contributed by atoms with E-state index in [0.717, 1.165) is 25.2 Å². The highest BCUT2D eigenvalue weighted by Crippen LogP contribution is 2.36. The molecule has 0 aromatic carbocycles. The minimum atomic E-state index is -0.327. The number of hydrogen-bond donors (Lipinski definition) is 1. The zero-order valence-electron chi connectivity index (χ0n) is 13.2. The largest absolute Gasteiger partial charge is 0.343 e. The van der Waals surface area contributed by atoms with Crippen molar-refractivity contribution in [3.05, 3.63) is 0 Å². The van der Waals surface area contributed by atoms with Crippen molar-refractivity contribution in [2.45, 2.75) is 77.9 Å². The topological polar surface area (TPSA) is 49.4 Å². The summed E-state index contributed by atoms with van der Waals surface area (Å²) in [4.78, 5) is 26.8. The monoisotopic (exact) mass is 280 g/mol. The van der Waals surface area contributed by atoms with Gasteiger partial charge < -0.3 is 10.2 Å². The van der Waals surface area contributed by atoms with Crippen molar-refractivity contribution in [3.63, 3.8) is 0 Å². The Balaban J connectivity index is 2.13. The molecule has 2 amide bonds. The van der Waals surface area contributed by atoms with E-state index in [9.17, 15) is 9.59 Å². The van der Waals surface area contributed by atoms with Gasteiger partial charge in [-0.2, -0.15) is 0 Å². The van der Waals surface area contributed by atoms with Crippen LogP contribution in [0.2, 0.25) is 0 Å². The summed E-state index contributed by atoms with van der Waals surface area (Å²) < 4.78 is 0. The second-order valence-electron chi connectivity index (χ2n) is 6.85. The molecule has 0 aromatic heterocycles. The molecular formula is C16H28N2O2. The van der Waals surface area contributed by atoms with Gasteiger partial charge in [0.1, 0.15) is 12.1 Å². The molecule has 0 bridgehead atoms. The molecule has 1 saturated heterocycles. The first-order valence-corrected chi connectivity index (χ1v) is 8.06. The van der Waals surface area contributed by atoms with E-state index >= 15 is 0 Å². The maximum absolute atomic E-state index is 12.7. The van der Waals surface area contributed by atoms with Gasteiger partial charge in [0.05, 0.1) is 0 Å². The lowest BCUT2D eigenvalue weighted by Gasteiger charge is -2.42. The van der Waals surface area contributed by atoms with E-state index in [4.69, 9.17) is 0 Å². The van der Waals surface area contributed by atoms with Crippen molar-refractivity contribution in [2.75, 3.05) is 0 Å². The average molecular weight is 280 g/mol. The normalized spacial score (nSPS) is 28.8. The van der Waals surface area contributed by atoms with Gasteiger partial charge in [0.2, 0.25) is 11.8 Å². The highest BCUT2D eigenvalue weighted by molar-refractivity contribution is 5.96. The smallest absolute Gasteiger partial charge is 0.246 e. The Labute approximate surface area is 122 Å². The zero-order valence-corrected chi connectivity index (χ0v) is 13.2. The molecule has 2 rings (SSSR count). The van der Waals surface area contributed by atoms with Crippen LogP contribution in [0.15, 0.2) is 0 Å². The van der Waals surface area contributed by atoms with Crippen LogP contribution in [0.25, 0.3) is 0 Å². The fraction of sp³-hybridized carbons (Fsp3) is 0.875. The molecule has 1 aliphatic heterocycles. The second kappa shape index (κ2) is 6.15. The molecule has 2 aliphatic rings. The highest BCUT2D eigenvalue weighted by atomic mass is 16.2. The lowest BCUT2D eigenvalue weighted by Crippen LogP contribution is -2.65. The number of carbonyl (C=O) groups excluding carboxylic acids is 2. The maximum Gasteiger partial charge on any atom is 0.246 e. The van der Waals surface area contributed by atoms with Crippen LogP contribution in [0.5, 0.6) is 0 Å². The quantitative estimate of drug-likeness (QED) is 0.812. The predicted molar refractivity (Wildman–Crippen MR) is 79.1 cm³/mol. The fourth-order valence-electron chi connectivity index (χ4n) is 3.19. The van der Waals surface area contributed by atoms with E-state index in [-0.39, 0.29) is 29.9 Å². The first kappa shape index (κ1) is 15.3. The van der Waals surface area contributed by atoms with Crippen LogP contribution in [0.3, 0.4) is 0 Å². The molecule has 1 aliphatic carbocycles. The van der Waals surface area contributed by atoms with Crippen LogP contribution in [-0.2, 0) is 9.59 Å². The lowest BCUT2D eigenvalue weighted by atomic mass is 9.95. The van der Waals surface area contributed by atoms with Crippen LogP contribution in [0.1, 0.15) is 59.8 Å². The molecule has 0 aromatic rings. The molecular weight excluding hydrogens is 252 g/mol. The fourth-order valence-corrected chi connectivity index (χ4v) is 3.19. The number of nitrogens with one attached hydrogen (secondary N) is 1. The third kappa shape index (κ3) is 3.33. The van der Waals surface area contributed by atoms with Gasteiger partial charge in [-0.05, 0) is 38.0 Å². The minimum Gasteiger partial charge on any atom is -0.343 e. The first-order chi connectivity index (χ1) is 9.43. The number of hydrogen-bond acceptors (Lipinski definition) is 2. The van der Waals surface area contributed by atoms with Gasteiger partial charge in [-0.1, -0.05) is 33.6 Å². The van der Waals surface area contributed by atoms with E-state index in [0.29, 0.717) is 5.92 Å². The third-order valence-corrected chi connectivity index (χ3v) is 4.54. The molecule has 0 radical (unpaired) electrons. The van der Waals surface area contributed by atoms with Crippen LogP contribution in [0, 0.1) is 11.8 Å². The summed E-state index contributed by atoms with van der Waals surface area (Å²) in [5, 5.41) is 2.89. The van der Waals surface area contributed by atoms with Crippen LogP contribution >= 0.6 is 0 Å². The molecule has 2 fully saturated rings. The minimum absolute atomic E-state index is 0.00416. The number of piperazine rings is 1. The van der Waals surface area contributed by atoms with Gasteiger partial charge in [-0.25, -0.2) is 0 Å². The summed E-state index contributed by atoms with van der Waals surface area (Å²) in [7, 11) is 0. The Kier molecular flexibility index (Phi) is 4.71. The molecule has 3 unspecified atom stereocenters. The van der Waals surface area contributed by atoms with Crippen LogP contribution in [0.4, 0.5) is 0 Å².